The van der Waals surface area contributed by atoms with Crippen molar-refractivity contribution < 1.29 is 28.5 Å². The van der Waals surface area contributed by atoms with Crippen LogP contribution in [0.5, 0.6) is 11.5 Å². The van der Waals surface area contributed by atoms with Crippen LogP contribution in [-0.2, 0) is 19.1 Å². The van der Waals surface area contributed by atoms with Gasteiger partial charge in [0.15, 0.2) is 18.1 Å². The molecule has 2 aliphatic rings. The van der Waals surface area contributed by atoms with Gasteiger partial charge in [0.25, 0.3) is 5.91 Å². The number of rotatable bonds is 6. The maximum atomic E-state index is 11.7. The lowest BCUT2D eigenvalue weighted by atomic mass is 10.2. The lowest BCUT2D eigenvalue weighted by Gasteiger charge is -2.18. The lowest BCUT2D eigenvalue weighted by molar-refractivity contribution is -0.143. The molecule has 0 bridgehead atoms. The van der Waals surface area contributed by atoms with Crippen molar-refractivity contribution in [2.45, 2.75) is 18.9 Å². The third-order valence-electron chi connectivity index (χ3n) is 3.87. The van der Waals surface area contributed by atoms with E-state index in [1.54, 1.807) is 18.2 Å². The van der Waals surface area contributed by atoms with Gasteiger partial charge in [-0.05, 0) is 36.6 Å². The molecule has 1 amide bonds. The molecule has 7 heteroatoms. The Balaban J connectivity index is 1.41. The molecule has 134 valence electrons. The summed E-state index contributed by atoms with van der Waals surface area (Å²) in [4.78, 5) is 23.3. The van der Waals surface area contributed by atoms with Gasteiger partial charge in [0.2, 0.25) is 0 Å². The number of esters is 1. The highest BCUT2D eigenvalue weighted by molar-refractivity contribution is 5.89. The van der Waals surface area contributed by atoms with Gasteiger partial charge in [-0.2, -0.15) is 0 Å². The molecule has 2 aliphatic heterocycles. The summed E-state index contributed by atoms with van der Waals surface area (Å²) in [5.41, 5.74) is 0.782. The first-order valence-corrected chi connectivity index (χ1v) is 8.33. The largest absolute Gasteiger partial charge is 0.486 e. The Hall–Kier alpha value is -2.54. The third kappa shape index (κ3) is 5.22. The van der Waals surface area contributed by atoms with E-state index in [1.807, 2.05) is 6.07 Å². The molecular formula is C18H21NO6. The van der Waals surface area contributed by atoms with Gasteiger partial charge in [0, 0.05) is 19.2 Å². The van der Waals surface area contributed by atoms with E-state index < -0.39 is 5.97 Å². The summed E-state index contributed by atoms with van der Waals surface area (Å²) in [5, 5.41) is 2.69. The zero-order valence-corrected chi connectivity index (χ0v) is 13.9. The molecule has 0 saturated carbocycles. The predicted molar refractivity (Wildman–Crippen MR) is 89.4 cm³/mol. The molecule has 1 N–H and O–H groups in total. The zero-order chi connectivity index (χ0) is 17.5. The molecule has 0 spiro atoms. The Morgan fingerprint density at radius 1 is 1.20 bits per heavy atom. The molecule has 1 fully saturated rings. The van der Waals surface area contributed by atoms with Gasteiger partial charge in [0.1, 0.15) is 13.2 Å². The third-order valence-corrected chi connectivity index (χ3v) is 3.87. The molecule has 0 radical (unpaired) electrons. The van der Waals surface area contributed by atoms with Gasteiger partial charge in [0.05, 0.1) is 6.10 Å². The molecule has 3 rings (SSSR count). The van der Waals surface area contributed by atoms with E-state index in [4.69, 9.17) is 18.9 Å². The van der Waals surface area contributed by atoms with Crippen LogP contribution in [0.3, 0.4) is 0 Å². The summed E-state index contributed by atoms with van der Waals surface area (Å²) in [5.74, 6) is 0.419. The van der Waals surface area contributed by atoms with E-state index in [-0.39, 0.29) is 18.6 Å². The van der Waals surface area contributed by atoms with Crippen LogP contribution in [0.1, 0.15) is 18.4 Å². The summed E-state index contributed by atoms with van der Waals surface area (Å²) in [7, 11) is 0. The monoisotopic (exact) mass is 347 g/mol. The van der Waals surface area contributed by atoms with Crippen LogP contribution >= 0.6 is 0 Å². The van der Waals surface area contributed by atoms with Crippen molar-refractivity contribution in [2.75, 3.05) is 33.0 Å². The van der Waals surface area contributed by atoms with Gasteiger partial charge < -0.3 is 24.3 Å². The minimum Gasteiger partial charge on any atom is -0.486 e. The Labute approximate surface area is 145 Å². The van der Waals surface area contributed by atoms with Crippen LogP contribution in [0.2, 0.25) is 0 Å². The van der Waals surface area contributed by atoms with E-state index in [2.05, 4.69) is 5.32 Å². The van der Waals surface area contributed by atoms with Crippen LogP contribution in [0.25, 0.3) is 6.08 Å². The summed E-state index contributed by atoms with van der Waals surface area (Å²) in [6.45, 7) is 1.91. The summed E-state index contributed by atoms with van der Waals surface area (Å²) in [6.07, 6.45) is 4.90. The first-order chi connectivity index (χ1) is 12.2. The number of carbonyl (C=O) groups is 2. The van der Waals surface area contributed by atoms with Crippen molar-refractivity contribution in [2.24, 2.45) is 0 Å². The Morgan fingerprint density at radius 2 is 2.04 bits per heavy atom. The van der Waals surface area contributed by atoms with Crippen LogP contribution in [0.4, 0.5) is 0 Å². The number of amides is 1. The minimum absolute atomic E-state index is 0.0646. The molecule has 2 heterocycles. The van der Waals surface area contributed by atoms with Crippen molar-refractivity contribution in [1.82, 2.24) is 5.32 Å². The predicted octanol–water partition coefficient (Wildman–Crippen LogP) is 1.31. The number of hydrogen-bond donors (Lipinski definition) is 1. The number of nitrogens with one attached hydrogen (secondary N) is 1. The summed E-state index contributed by atoms with van der Waals surface area (Å²) < 4.78 is 21.2. The first-order valence-electron chi connectivity index (χ1n) is 8.33. The Bertz CT molecular complexity index is 651. The number of carbonyl (C=O) groups excluding carboxylic acids is 2. The first kappa shape index (κ1) is 17.3. The van der Waals surface area contributed by atoms with Gasteiger partial charge >= 0.3 is 5.97 Å². The quantitative estimate of drug-likeness (QED) is 0.617. The maximum absolute atomic E-state index is 11.7. The molecule has 1 saturated heterocycles. The number of fused-ring (bicyclic) bond motifs is 1. The molecule has 0 aromatic heterocycles. The van der Waals surface area contributed by atoms with Crippen molar-refractivity contribution in [3.8, 4) is 11.5 Å². The van der Waals surface area contributed by atoms with Crippen molar-refractivity contribution in [1.29, 1.82) is 0 Å². The number of ether oxygens (including phenoxy) is 4. The average Bonchev–Trinajstić information content (AvgIpc) is 3.16. The molecule has 25 heavy (non-hydrogen) atoms. The number of benzene rings is 1. The average molecular weight is 347 g/mol. The smallest absolute Gasteiger partial charge is 0.331 e. The fourth-order valence-corrected chi connectivity index (χ4v) is 2.60. The van der Waals surface area contributed by atoms with E-state index in [0.29, 0.717) is 31.3 Å². The van der Waals surface area contributed by atoms with E-state index in [9.17, 15) is 9.59 Å². The standard InChI is InChI=1S/C18H21NO6/c20-17(19-11-14-2-1-7-22-14)12-25-18(21)6-4-13-3-5-15-16(10-13)24-9-8-23-15/h3-6,10,14H,1-2,7-9,11-12H2,(H,19,20)/b6-4+/t14-/m1/s1. The second-order valence-corrected chi connectivity index (χ2v) is 5.78. The van der Waals surface area contributed by atoms with Crippen molar-refractivity contribution >= 4 is 18.0 Å². The molecule has 7 nitrogen and oxygen atoms in total. The highest BCUT2D eigenvalue weighted by atomic mass is 16.6. The summed E-state index contributed by atoms with van der Waals surface area (Å²) >= 11 is 0. The molecule has 1 aromatic carbocycles. The van der Waals surface area contributed by atoms with E-state index in [1.165, 1.54) is 6.08 Å². The normalized spacial score (nSPS) is 19.0. The molecule has 0 aliphatic carbocycles. The minimum atomic E-state index is -0.581. The van der Waals surface area contributed by atoms with Gasteiger partial charge in [-0.1, -0.05) is 6.07 Å². The summed E-state index contributed by atoms with van der Waals surface area (Å²) in [6, 6.07) is 5.39. The van der Waals surface area contributed by atoms with Gasteiger partial charge in [-0.15, -0.1) is 0 Å². The van der Waals surface area contributed by atoms with Crippen molar-refractivity contribution in [3.63, 3.8) is 0 Å². The Kier molecular flexibility index (Phi) is 5.90. The second kappa shape index (κ2) is 8.53. The van der Waals surface area contributed by atoms with Gasteiger partial charge in [-0.25, -0.2) is 4.79 Å². The highest BCUT2D eigenvalue weighted by Crippen LogP contribution is 2.31. The fourth-order valence-electron chi connectivity index (χ4n) is 2.60. The topological polar surface area (TPSA) is 83.1 Å². The lowest BCUT2D eigenvalue weighted by Crippen LogP contribution is -2.34. The second-order valence-electron chi connectivity index (χ2n) is 5.78. The Morgan fingerprint density at radius 3 is 2.84 bits per heavy atom. The zero-order valence-electron chi connectivity index (χ0n) is 13.9. The van der Waals surface area contributed by atoms with Crippen LogP contribution in [-0.4, -0.2) is 51.0 Å². The number of hydrogen-bond acceptors (Lipinski definition) is 6. The molecular weight excluding hydrogens is 326 g/mol. The maximum Gasteiger partial charge on any atom is 0.331 e. The fraction of sp³-hybridized carbons (Fsp3) is 0.444. The van der Waals surface area contributed by atoms with Crippen LogP contribution in [0.15, 0.2) is 24.3 Å². The van der Waals surface area contributed by atoms with Crippen molar-refractivity contribution in [3.05, 3.63) is 29.8 Å². The SMILES string of the molecule is O=C(COC(=O)/C=C/c1ccc2c(c1)OCCO2)NC[C@H]1CCCO1. The van der Waals surface area contributed by atoms with Gasteiger partial charge in [-0.3, -0.25) is 4.79 Å². The molecule has 1 aromatic rings. The van der Waals surface area contributed by atoms with Crippen LogP contribution in [0, 0.1) is 0 Å². The van der Waals surface area contributed by atoms with E-state index in [0.717, 1.165) is 25.0 Å². The molecule has 0 unspecified atom stereocenters. The molecule has 1 atom stereocenters. The highest BCUT2D eigenvalue weighted by Gasteiger charge is 2.16. The van der Waals surface area contributed by atoms with E-state index >= 15 is 0 Å². The van der Waals surface area contributed by atoms with Crippen LogP contribution < -0.4 is 14.8 Å².